The van der Waals surface area contributed by atoms with Crippen LogP contribution in [0.25, 0.3) is 0 Å². The molecule has 2 aliphatic heterocycles. The van der Waals surface area contributed by atoms with Crippen molar-refractivity contribution in [3.05, 3.63) is 0 Å². The third-order valence-electron chi connectivity index (χ3n) is 5.31. The topological polar surface area (TPSA) is 41.7 Å². The van der Waals surface area contributed by atoms with E-state index in [1.165, 1.54) is 45.2 Å². The molecule has 0 amide bonds. The van der Waals surface area contributed by atoms with Gasteiger partial charge in [0.2, 0.25) is 0 Å². The molecule has 2 heterocycles. The van der Waals surface area contributed by atoms with Crippen LogP contribution < -0.4 is 5.73 Å². The molecule has 1 aliphatic carbocycles. The fourth-order valence-electron chi connectivity index (χ4n) is 4.10. The number of likely N-dealkylation sites (tertiary alicyclic amines) is 1. The van der Waals surface area contributed by atoms with Gasteiger partial charge in [0.25, 0.3) is 0 Å². The molecule has 104 valence electrons. The molecule has 0 aromatic heterocycles. The summed E-state index contributed by atoms with van der Waals surface area (Å²) in [5, 5.41) is 0. The van der Waals surface area contributed by atoms with Gasteiger partial charge < -0.3 is 10.5 Å². The summed E-state index contributed by atoms with van der Waals surface area (Å²) in [6.07, 6.45) is 6.70. The SMILES string of the molecule is NCC1(N2CCC(N3CCOCC3)C2)CCCC1. The van der Waals surface area contributed by atoms with Gasteiger partial charge in [-0.1, -0.05) is 12.8 Å². The van der Waals surface area contributed by atoms with E-state index in [4.69, 9.17) is 10.5 Å². The van der Waals surface area contributed by atoms with Gasteiger partial charge in [-0.3, -0.25) is 9.80 Å². The molecule has 4 heteroatoms. The Labute approximate surface area is 110 Å². The van der Waals surface area contributed by atoms with Crippen molar-refractivity contribution in [2.45, 2.75) is 43.7 Å². The van der Waals surface area contributed by atoms with E-state index >= 15 is 0 Å². The maximum atomic E-state index is 6.10. The Morgan fingerprint density at radius 2 is 1.83 bits per heavy atom. The predicted molar refractivity (Wildman–Crippen MR) is 72.6 cm³/mol. The van der Waals surface area contributed by atoms with Crippen LogP contribution in [0.4, 0.5) is 0 Å². The highest BCUT2D eigenvalue weighted by Crippen LogP contribution is 2.37. The second-order valence-electron chi connectivity index (χ2n) is 6.17. The zero-order valence-electron chi connectivity index (χ0n) is 11.4. The highest BCUT2D eigenvalue weighted by molar-refractivity contribution is 5.00. The average Bonchev–Trinajstić information content (AvgIpc) is 3.09. The Kier molecular flexibility index (Phi) is 3.89. The smallest absolute Gasteiger partial charge is 0.0594 e. The minimum absolute atomic E-state index is 0.348. The van der Waals surface area contributed by atoms with Crippen LogP contribution in [0.2, 0.25) is 0 Å². The fraction of sp³-hybridized carbons (Fsp3) is 1.00. The second kappa shape index (κ2) is 5.45. The number of nitrogens with zero attached hydrogens (tertiary/aromatic N) is 2. The molecule has 0 bridgehead atoms. The molecule has 2 N–H and O–H groups in total. The lowest BCUT2D eigenvalue weighted by Crippen LogP contribution is -2.52. The van der Waals surface area contributed by atoms with E-state index in [2.05, 4.69) is 9.80 Å². The molecule has 1 unspecified atom stereocenters. The van der Waals surface area contributed by atoms with Gasteiger partial charge in [0.05, 0.1) is 13.2 Å². The average molecular weight is 253 g/mol. The van der Waals surface area contributed by atoms with Crippen LogP contribution in [0, 0.1) is 0 Å². The van der Waals surface area contributed by atoms with Gasteiger partial charge in [-0.15, -0.1) is 0 Å². The Balaban J connectivity index is 1.60. The molecule has 18 heavy (non-hydrogen) atoms. The van der Waals surface area contributed by atoms with E-state index in [1.54, 1.807) is 0 Å². The van der Waals surface area contributed by atoms with Crippen LogP contribution in [-0.2, 0) is 4.74 Å². The number of nitrogens with two attached hydrogens (primary N) is 1. The largest absolute Gasteiger partial charge is 0.379 e. The number of hydrogen-bond acceptors (Lipinski definition) is 4. The van der Waals surface area contributed by atoms with Crippen LogP contribution in [0.3, 0.4) is 0 Å². The van der Waals surface area contributed by atoms with Crippen LogP contribution in [0.5, 0.6) is 0 Å². The molecular weight excluding hydrogens is 226 g/mol. The number of ether oxygens (including phenoxy) is 1. The molecule has 3 fully saturated rings. The van der Waals surface area contributed by atoms with Crippen molar-refractivity contribution < 1.29 is 4.74 Å². The second-order valence-corrected chi connectivity index (χ2v) is 6.17. The molecule has 2 saturated heterocycles. The van der Waals surface area contributed by atoms with E-state index in [0.717, 1.165) is 38.9 Å². The summed E-state index contributed by atoms with van der Waals surface area (Å²) < 4.78 is 5.45. The molecule has 0 spiro atoms. The first-order valence-electron chi connectivity index (χ1n) is 7.61. The predicted octanol–water partition coefficient (Wildman–Crippen LogP) is 0.664. The zero-order chi connectivity index (χ0) is 12.4. The molecule has 0 aromatic rings. The number of hydrogen-bond donors (Lipinski definition) is 1. The van der Waals surface area contributed by atoms with Gasteiger partial charge in [0.1, 0.15) is 0 Å². The lowest BCUT2D eigenvalue weighted by atomic mass is 9.96. The number of morpholine rings is 1. The molecule has 4 nitrogen and oxygen atoms in total. The minimum atomic E-state index is 0.348. The van der Waals surface area contributed by atoms with Crippen molar-refractivity contribution in [3.63, 3.8) is 0 Å². The number of rotatable bonds is 3. The fourth-order valence-corrected chi connectivity index (χ4v) is 4.10. The van der Waals surface area contributed by atoms with Crippen molar-refractivity contribution in [3.8, 4) is 0 Å². The zero-order valence-corrected chi connectivity index (χ0v) is 11.4. The summed E-state index contributed by atoms with van der Waals surface area (Å²) in [6, 6.07) is 0.748. The molecule has 0 aromatic carbocycles. The molecule has 3 aliphatic rings. The first-order valence-corrected chi connectivity index (χ1v) is 7.61. The molecule has 1 atom stereocenters. The Bertz CT molecular complexity index is 272. The molecular formula is C14H27N3O. The van der Waals surface area contributed by atoms with Gasteiger partial charge in [0.15, 0.2) is 0 Å². The lowest BCUT2D eigenvalue weighted by molar-refractivity contribution is 0.0150. The molecule has 0 radical (unpaired) electrons. The normalized spacial score (nSPS) is 34.2. The van der Waals surface area contributed by atoms with Gasteiger partial charge in [-0.25, -0.2) is 0 Å². The first-order chi connectivity index (χ1) is 8.84. The van der Waals surface area contributed by atoms with Crippen LogP contribution in [0.15, 0.2) is 0 Å². The summed E-state index contributed by atoms with van der Waals surface area (Å²) in [7, 11) is 0. The third-order valence-corrected chi connectivity index (χ3v) is 5.31. The molecule has 3 rings (SSSR count). The van der Waals surface area contributed by atoms with E-state index in [-0.39, 0.29) is 0 Å². The third kappa shape index (κ3) is 2.31. The highest BCUT2D eigenvalue weighted by Gasteiger charge is 2.42. The van der Waals surface area contributed by atoms with Crippen LogP contribution in [-0.4, -0.2) is 67.3 Å². The van der Waals surface area contributed by atoms with Gasteiger partial charge >= 0.3 is 0 Å². The maximum absolute atomic E-state index is 6.10. The quantitative estimate of drug-likeness (QED) is 0.802. The summed E-state index contributed by atoms with van der Waals surface area (Å²) in [5.41, 5.74) is 6.45. The van der Waals surface area contributed by atoms with Crippen LogP contribution in [0.1, 0.15) is 32.1 Å². The summed E-state index contributed by atoms with van der Waals surface area (Å²) in [6.45, 7) is 7.40. The van der Waals surface area contributed by atoms with E-state index in [9.17, 15) is 0 Å². The Hall–Kier alpha value is -0.160. The first kappa shape index (κ1) is 12.9. The van der Waals surface area contributed by atoms with Crippen molar-refractivity contribution in [1.29, 1.82) is 0 Å². The van der Waals surface area contributed by atoms with E-state index in [0.29, 0.717) is 5.54 Å². The van der Waals surface area contributed by atoms with Crippen molar-refractivity contribution in [2.75, 3.05) is 45.9 Å². The van der Waals surface area contributed by atoms with Gasteiger partial charge in [-0.2, -0.15) is 0 Å². The highest BCUT2D eigenvalue weighted by atomic mass is 16.5. The van der Waals surface area contributed by atoms with Crippen molar-refractivity contribution >= 4 is 0 Å². The summed E-state index contributed by atoms with van der Waals surface area (Å²) in [5.74, 6) is 0. The Morgan fingerprint density at radius 1 is 1.11 bits per heavy atom. The van der Waals surface area contributed by atoms with Crippen LogP contribution >= 0.6 is 0 Å². The van der Waals surface area contributed by atoms with Crippen molar-refractivity contribution in [1.82, 2.24) is 9.80 Å². The standard InChI is InChI=1S/C14H27N3O/c15-12-14(4-1-2-5-14)17-6-3-13(11-17)16-7-9-18-10-8-16/h13H,1-12,15H2. The van der Waals surface area contributed by atoms with Gasteiger partial charge in [-0.05, 0) is 19.3 Å². The van der Waals surface area contributed by atoms with E-state index in [1.807, 2.05) is 0 Å². The van der Waals surface area contributed by atoms with Gasteiger partial charge in [0, 0.05) is 44.3 Å². The Morgan fingerprint density at radius 3 is 2.50 bits per heavy atom. The maximum Gasteiger partial charge on any atom is 0.0594 e. The minimum Gasteiger partial charge on any atom is -0.379 e. The van der Waals surface area contributed by atoms with E-state index < -0.39 is 0 Å². The summed E-state index contributed by atoms with van der Waals surface area (Å²) in [4.78, 5) is 5.34. The molecule has 1 saturated carbocycles. The summed E-state index contributed by atoms with van der Waals surface area (Å²) >= 11 is 0. The monoisotopic (exact) mass is 253 g/mol. The lowest BCUT2D eigenvalue weighted by Gasteiger charge is -2.39. The van der Waals surface area contributed by atoms with Crippen molar-refractivity contribution in [2.24, 2.45) is 5.73 Å².